The molecule has 0 amide bonds. The lowest BCUT2D eigenvalue weighted by Gasteiger charge is -2.13. The zero-order valence-corrected chi connectivity index (χ0v) is 12.7. The topological polar surface area (TPSA) is 26.3 Å². The quantitative estimate of drug-likeness (QED) is 0.759. The predicted octanol–water partition coefficient (Wildman–Crippen LogP) is 4.75. The van der Waals surface area contributed by atoms with E-state index < -0.39 is 0 Å². The highest BCUT2D eigenvalue weighted by atomic mass is 32.2. The van der Waals surface area contributed by atoms with Crippen LogP contribution in [0.4, 0.5) is 0 Å². The fourth-order valence-corrected chi connectivity index (χ4v) is 2.76. The molecule has 2 aromatic rings. The van der Waals surface area contributed by atoms with Crippen LogP contribution in [-0.4, -0.2) is 12.2 Å². The highest BCUT2D eigenvalue weighted by Crippen LogP contribution is 2.32. The van der Waals surface area contributed by atoms with E-state index in [2.05, 4.69) is 13.8 Å². The maximum absolute atomic E-state index is 12.2. The first-order valence-corrected chi connectivity index (χ1v) is 7.38. The third kappa shape index (κ3) is 3.42. The Morgan fingerprint density at radius 2 is 1.80 bits per heavy atom. The summed E-state index contributed by atoms with van der Waals surface area (Å²) in [5.41, 5.74) is 1.85. The molecule has 0 atom stereocenters. The Labute approximate surface area is 124 Å². The van der Waals surface area contributed by atoms with E-state index in [9.17, 15) is 4.79 Å². The molecule has 0 aliphatic carbocycles. The Kier molecular flexibility index (Phi) is 4.85. The molecule has 3 heteroatoms. The molecule has 104 valence electrons. The third-order valence-electron chi connectivity index (χ3n) is 3.04. The summed E-state index contributed by atoms with van der Waals surface area (Å²) in [4.78, 5) is 13.1. The Morgan fingerprint density at radius 1 is 1.10 bits per heavy atom. The van der Waals surface area contributed by atoms with Crippen LogP contribution in [0.25, 0.3) is 0 Å². The second-order valence-electron chi connectivity index (χ2n) is 4.81. The molecule has 0 unspecified atom stereocenters. The molecule has 2 aromatic carbocycles. The maximum atomic E-state index is 12.2. The van der Waals surface area contributed by atoms with Gasteiger partial charge in [0.05, 0.1) is 7.11 Å². The van der Waals surface area contributed by atoms with Gasteiger partial charge in [-0.05, 0) is 41.4 Å². The molecule has 0 aromatic heterocycles. The van der Waals surface area contributed by atoms with E-state index >= 15 is 0 Å². The smallest absolute Gasteiger partial charge is 0.224 e. The van der Waals surface area contributed by atoms with Crippen LogP contribution < -0.4 is 4.74 Å². The van der Waals surface area contributed by atoms with Gasteiger partial charge in [0, 0.05) is 10.5 Å². The van der Waals surface area contributed by atoms with Crippen molar-refractivity contribution in [2.24, 2.45) is 0 Å². The number of rotatable bonds is 4. The summed E-state index contributed by atoms with van der Waals surface area (Å²) < 4.78 is 5.36. The summed E-state index contributed by atoms with van der Waals surface area (Å²) in [6.07, 6.45) is 0. The summed E-state index contributed by atoms with van der Waals surface area (Å²) in [5.74, 6) is 1.23. The minimum Gasteiger partial charge on any atom is -0.496 e. The molecule has 0 saturated carbocycles. The third-order valence-corrected chi connectivity index (χ3v) is 3.95. The molecule has 0 radical (unpaired) electrons. The van der Waals surface area contributed by atoms with E-state index in [0.717, 1.165) is 21.8 Å². The van der Waals surface area contributed by atoms with E-state index in [1.807, 2.05) is 48.5 Å². The average Bonchev–Trinajstić information content (AvgIpc) is 2.48. The van der Waals surface area contributed by atoms with Gasteiger partial charge < -0.3 is 4.74 Å². The van der Waals surface area contributed by atoms with Crippen molar-refractivity contribution in [3.63, 3.8) is 0 Å². The molecule has 0 N–H and O–H groups in total. The van der Waals surface area contributed by atoms with Crippen molar-refractivity contribution in [3.05, 3.63) is 59.7 Å². The maximum Gasteiger partial charge on any atom is 0.224 e. The van der Waals surface area contributed by atoms with Crippen molar-refractivity contribution in [1.82, 2.24) is 0 Å². The van der Waals surface area contributed by atoms with Gasteiger partial charge in [0.25, 0.3) is 0 Å². The molecule has 2 rings (SSSR count). The zero-order valence-electron chi connectivity index (χ0n) is 11.9. The zero-order chi connectivity index (χ0) is 14.5. The van der Waals surface area contributed by atoms with Crippen molar-refractivity contribution < 1.29 is 9.53 Å². The first-order chi connectivity index (χ1) is 9.61. The number of thioether (sulfide) groups is 1. The highest BCUT2D eigenvalue weighted by molar-refractivity contribution is 8.14. The van der Waals surface area contributed by atoms with Gasteiger partial charge in [-0.15, -0.1) is 0 Å². The number of hydrogen-bond donors (Lipinski definition) is 0. The lowest BCUT2D eigenvalue weighted by Crippen LogP contribution is -1.96. The minimum absolute atomic E-state index is 0.0606. The molecule has 0 fully saturated rings. The van der Waals surface area contributed by atoms with Gasteiger partial charge in [-0.2, -0.15) is 0 Å². The molecule has 0 spiro atoms. The summed E-state index contributed by atoms with van der Waals surface area (Å²) in [6, 6.07) is 15.2. The van der Waals surface area contributed by atoms with Crippen molar-refractivity contribution in [3.8, 4) is 5.75 Å². The summed E-state index contributed by atoms with van der Waals surface area (Å²) in [5, 5.41) is 0.0606. The molecule has 0 saturated heterocycles. The first-order valence-electron chi connectivity index (χ1n) is 6.57. The van der Waals surface area contributed by atoms with E-state index in [-0.39, 0.29) is 5.12 Å². The lowest BCUT2D eigenvalue weighted by molar-refractivity contribution is 0.108. The van der Waals surface area contributed by atoms with Gasteiger partial charge in [0.1, 0.15) is 5.75 Å². The molecule has 0 aliphatic rings. The number of benzene rings is 2. The SMILES string of the molecule is COc1ccc(SC(=O)c2ccccc2)cc1C(C)C. The standard InChI is InChI=1S/C17H18O2S/c1-12(2)15-11-14(9-10-16(15)19-3)20-17(18)13-7-5-4-6-8-13/h4-12H,1-3H3. The Morgan fingerprint density at radius 3 is 2.40 bits per heavy atom. The Balaban J connectivity index is 2.22. The normalized spacial score (nSPS) is 10.6. The highest BCUT2D eigenvalue weighted by Gasteiger charge is 2.12. The Bertz CT molecular complexity index is 591. The molecule has 0 bridgehead atoms. The second-order valence-corrected chi connectivity index (χ2v) is 5.86. The van der Waals surface area contributed by atoms with Crippen LogP contribution in [0.1, 0.15) is 35.7 Å². The first kappa shape index (κ1) is 14.7. The number of hydrogen-bond acceptors (Lipinski definition) is 3. The largest absolute Gasteiger partial charge is 0.496 e. The fourth-order valence-electron chi connectivity index (χ4n) is 1.97. The minimum atomic E-state index is 0.0606. The molecule has 2 nitrogen and oxygen atoms in total. The molecular weight excluding hydrogens is 268 g/mol. The molecule has 20 heavy (non-hydrogen) atoms. The Hall–Kier alpha value is -1.74. The summed E-state index contributed by atoms with van der Waals surface area (Å²) in [6.45, 7) is 4.23. The second kappa shape index (κ2) is 6.62. The van der Waals surface area contributed by atoms with Crippen molar-refractivity contribution >= 4 is 16.9 Å². The number of ether oxygens (including phenoxy) is 1. The molecule has 0 heterocycles. The average molecular weight is 286 g/mol. The van der Waals surface area contributed by atoms with Gasteiger partial charge in [0.15, 0.2) is 0 Å². The van der Waals surface area contributed by atoms with Gasteiger partial charge in [-0.3, -0.25) is 4.79 Å². The summed E-state index contributed by atoms with van der Waals surface area (Å²) in [7, 11) is 1.67. The van der Waals surface area contributed by atoms with E-state index in [1.165, 1.54) is 11.8 Å². The van der Waals surface area contributed by atoms with Crippen LogP contribution in [0.5, 0.6) is 5.75 Å². The van der Waals surface area contributed by atoms with Crippen LogP contribution >= 0.6 is 11.8 Å². The lowest BCUT2D eigenvalue weighted by atomic mass is 10.0. The van der Waals surface area contributed by atoms with Crippen LogP contribution in [0.2, 0.25) is 0 Å². The van der Waals surface area contributed by atoms with Gasteiger partial charge >= 0.3 is 0 Å². The van der Waals surface area contributed by atoms with Crippen LogP contribution in [0, 0.1) is 0 Å². The van der Waals surface area contributed by atoms with Crippen molar-refractivity contribution in [2.75, 3.05) is 7.11 Å². The van der Waals surface area contributed by atoms with Gasteiger partial charge in [-0.1, -0.05) is 44.2 Å². The van der Waals surface area contributed by atoms with Crippen molar-refractivity contribution in [2.45, 2.75) is 24.7 Å². The van der Waals surface area contributed by atoms with Crippen LogP contribution in [-0.2, 0) is 0 Å². The number of carbonyl (C=O) groups excluding carboxylic acids is 1. The fraction of sp³-hybridized carbons (Fsp3) is 0.235. The van der Waals surface area contributed by atoms with Crippen LogP contribution in [0.3, 0.4) is 0 Å². The summed E-state index contributed by atoms with van der Waals surface area (Å²) >= 11 is 1.25. The van der Waals surface area contributed by atoms with Gasteiger partial charge in [0.2, 0.25) is 5.12 Å². The predicted molar refractivity (Wildman–Crippen MR) is 83.7 cm³/mol. The molecular formula is C17H18O2S. The monoisotopic (exact) mass is 286 g/mol. The van der Waals surface area contributed by atoms with E-state index in [4.69, 9.17) is 4.74 Å². The molecule has 0 aliphatic heterocycles. The van der Waals surface area contributed by atoms with E-state index in [1.54, 1.807) is 7.11 Å². The van der Waals surface area contributed by atoms with E-state index in [0.29, 0.717) is 5.92 Å². The van der Waals surface area contributed by atoms with Crippen LogP contribution in [0.15, 0.2) is 53.4 Å². The van der Waals surface area contributed by atoms with Gasteiger partial charge in [-0.25, -0.2) is 0 Å². The van der Waals surface area contributed by atoms with Crippen molar-refractivity contribution in [1.29, 1.82) is 0 Å². The number of carbonyl (C=O) groups is 1. The number of methoxy groups -OCH3 is 1.